The minimum absolute atomic E-state index is 0. The minimum atomic E-state index is 0. The number of unbranched alkanes of at least 4 members (excludes halogenated alkanes) is 8. The van der Waals surface area contributed by atoms with Gasteiger partial charge >= 0.3 is 0 Å². The Balaban J connectivity index is 0. The van der Waals surface area contributed by atoms with Crippen LogP contribution in [0.2, 0.25) is 0 Å². The van der Waals surface area contributed by atoms with Crippen LogP contribution in [-0.4, -0.2) is 0 Å². The van der Waals surface area contributed by atoms with Gasteiger partial charge < -0.3 is 0 Å². The summed E-state index contributed by atoms with van der Waals surface area (Å²) in [7, 11) is 0. The molecular formula is C16H33Zn. The van der Waals surface area contributed by atoms with Crippen LogP contribution in [-0.2, 0) is 19.5 Å². The maximum Gasteiger partial charge on any atom is 0 e. The van der Waals surface area contributed by atoms with Crippen molar-refractivity contribution < 1.29 is 19.5 Å². The Labute approximate surface area is 123 Å². The third kappa shape index (κ3) is 16.6. The van der Waals surface area contributed by atoms with E-state index in [9.17, 15) is 0 Å². The summed E-state index contributed by atoms with van der Waals surface area (Å²) in [5.74, 6) is 0.725. The molecule has 99 valence electrons. The first-order valence-electron chi connectivity index (χ1n) is 7.64. The van der Waals surface area contributed by atoms with Gasteiger partial charge in [0, 0.05) is 19.5 Å². The van der Waals surface area contributed by atoms with Crippen LogP contribution in [0.15, 0.2) is 0 Å². The molecule has 1 unspecified atom stereocenters. The molecule has 0 bridgehead atoms. The topological polar surface area (TPSA) is 0 Å². The summed E-state index contributed by atoms with van der Waals surface area (Å²) in [4.78, 5) is 0. The molecule has 0 fully saturated rings. The second kappa shape index (κ2) is 16.6. The van der Waals surface area contributed by atoms with Gasteiger partial charge in [-0.3, -0.25) is 0 Å². The zero-order valence-corrected chi connectivity index (χ0v) is 15.4. The fraction of sp³-hybridized carbons (Fsp3) is 0.938. The van der Waals surface area contributed by atoms with Gasteiger partial charge in [0.1, 0.15) is 0 Å². The quantitative estimate of drug-likeness (QED) is 0.298. The molecule has 0 N–H and O–H groups in total. The van der Waals surface area contributed by atoms with Crippen LogP contribution in [0.25, 0.3) is 0 Å². The van der Waals surface area contributed by atoms with Crippen molar-refractivity contribution >= 4 is 0 Å². The summed E-state index contributed by atoms with van der Waals surface area (Å²) in [6.07, 6.45) is 16.8. The molecule has 0 rings (SSSR count). The first-order chi connectivity index (χ1) is 7.81. The Morgan fingerprint density at radius 3 is 1.47 bits per heavy atom. The van der Waals surface area contributed by atoms with E-state index in [4.69, 9.17) is 0 Å². The van der Waals surface area contributed by atoms with E-state index in [-0.39, 0.29) is 19.5 Å². The van der Waals surface area contributed by atoms with Crippen LogP contribution in [0, 0.1) is 12.8 Å². The molecule has 0 aliphatic heterocycles. The van der Waals surface area contributed by atoms with Gasteiger partial charge in [0.05, 0.1) is 0 Å². The van der Waals surface area contributed by atoms with Crippen LogP contribution in [0.4, 0.5) is 0 Å². The Hall–Kier alpha value is 0.623. The predicted molar refractivity (Wildman–Crippen MR) is 75.6 cm³/mol. The predicted octanol–water partition coefficient (Wildman–Crippen LogP) is 6.16. The van der Waals surface area contributed by atoms with Gasteiger partial charge in [0.25, 0.3) is 0 Å². The van der Waals surface area contributed by atoms with Gasteiger partial charge in [-0.15, -0.1) is 0 Å². The fourth-order valence-corrected chi connectivity index (χ4v) is 2.22. The van der Waals surface area contributed by atoms with Crippen molar-refractivity contribution in [2.45, 2.75) is 90.9 Å². The Morgan fingerprint density at radius 2 is 1.00 bits per heavy atom. The van der Waals surface area contributed by atoms with Crippen molar-refractivity contribution in [2.24, 2.45) is 5.92 Å². The summed E-state index contributed by atoms with van der Waals surface area (Å²) >= 11 is 0. The van der Waals surface area contributed by atoms with Gasteiger partial charge in [-0.1, -0.05) is 97.8 Å². The molecule has 17 heavy (non-hydrogen) atoms. The van der Waals surface area contributed by atoms with Crippen molar-refractivity contribution in [3.63, 3.8) is 0 Å². The van der Waals surface area contributed by atoms with Gasteiger partial charge in [0.2, 0.25) is 0 Å². The maximum atomic E-state index is 4.27. The first-order valence-corrected chi connectivity index (χ1v) is 7.64. The van der Waals surface area contributed by atoms with Crippen molar-refractivity contribution in [1.82, 2.24) is 0 Å². The molecular weight excluding hydrogens is 258 g/mol. The summed E-state index contributed by atoms with van der Waals surface area (Å²) in [6.45, 7) is 8.83. The van der Waals surface area contributed by atoms with E-state index in [1.54, 1.807) is 0 Å². The molecule has 0 heterocycles. The molecule has 0 aromatic rings. The second-order valence-electron chi connectivity index (χ2n) is 5.27. The average molecular weight is 291 g/mol. The van der Waals surface area contributed by atoms with E-state index in [1.165, 1.54) is 77.0 Å². The molecule has 0 saturated heterocycles. The van der Waals surface area contributed by atoms with E-state index in [2.05, 4.69) is 20.8 Å². The van der Waals surface area contributed by atoms with Crippen LogP contribution in [0.5, 0.6) is 0 Å². The third-order valence-corrected chi connectivity index (χ3v) is 3.43. The smallest absolute Gasteiger partial charge is 0 e. The van der Waals surface area contributed by atoms with Crippen LogP contribution >= 0.6 is 0 Å². The zero-order chi connectivity index (χ0) is 12.1. The average Bonchev–Trinajstić information content (AvgIpc) is 2.29. The van der Waals surface area contributed by atoms with Crippen molar-refractivity contribution in [2.75, 3.05) is 0 Å². The van der Waals surface area contributed by atoms with E-state index < -0.39 is 0 Å². The number of rotatable bonds is 12. The van der Waals surface area contributed by atoms with E-state index >= 15 is 0 Å². The molecule has 0 aliphatic carbocycles. The normalized spacial score (nSPS) is 12.2. The first kappa shape index (κ1) is 20.0. The molecule has 0 aliphatic rings. The van der Waals surface area contributed by atoms with E-state index in [1.807, 2.05) is 0 Å². The molecule has 1 atom stereocenters. The zero-order valence-electron chi connectivity index (χ0n) is 12.5. The van der Waals surface area contributed by atoms with Crippen LogP contribution < -0.4 is 0 Å². The van der Waals surface area contributed by atoms with Crippen LogP contribution in [0.1, 0.15) is 90.9 Å². The standard InChI is InChI=1S/C16H33.Zn/c1-4-6-8-10-11-13-15-16(3)14-12-9-7-5-2;/h16H,3-15H2,1-2H3;. The van der Waals surface area contributed by atoms with E-state index in [0.29, 0.717) is 0 Å². The summed E-state index contributed by atoms with van der Waals surface area (Å²) < 4.78 is 0. The maximum absolute atomic E-state index is 4.27. The SMILES string of the molecule is [CH2]C(CCCCCC)CCCCCCCC.[Zn]. The molecule has 1 heteroatoms. The number of hydrogen-bond donors (Lipinski definition) is 0. The van der Waals surface area contributed by atoms with Gasteiger partial charge in [0.15, 0.2) is 0 Å². The molecule has 0 aromatic heterocycles. The molecule has 1 radical (unpaired) electrons. The number of hydrogen-bond acceptors (Lipinski definition) is 0. The Kier molecular flexibility index (Phi) is 19.5. The van der Waals surface area contributed by atoms with Gasteiger partial charge in [-0.25, -0.2) is 0 Å². The monoisotopic (exact) mass is 289 g/mol. The third-order valence-electron chi connectivity index (χ3n) is 3.43. The largest absolute Gasteiger partial charge is 0.0654 e. The molecule has 0 aromatic carbocycles. The Bertz CT molecular complexity index is 123. The van der Waals surface area contributed by atoms with Crippen molar-refractivity contribution in [3.05, 3.63) is 6.92 Å². The summed E-state index contributed by atoms with van der Waals surface area (Å²) in [6, 6.07) is 0. The molecule has 0 amide bonds. The molecule has 0 saturated carbocycles. The Morgan fingerprint density at radius 1 is 0.647 bits per heavy atom. The second-order valence-corrected chi connectivity index (χ2v) is 5.27. The molecule has 0 nitrogen and oxygen atoms in total. The van der Waals surface area contributed by atoms with Gasteiger partial charge in [-0.2, -0.15) is 0 Å². The van der Waals surface area contributed by atoms with Crippen molar-refractivity contribution in [3.8, 4) is 0 Å². The van der Waals surface area contributed by atoms with Crippen molar-refractivity contribution in [1.29, 1.82) is 0 Å². The van der Waals surface area contributed by atoms with Crippen LogP contribution in [0.3, 0.4) is 0 Å². The van der Waals surface area contributed by atoms with E-state index in [0.717, 1.165) is 5.92 Å². The summed E-state index contributed by atoms with van der Waals surface area (Å²) in [5.41, 5.74) is 0. The molecule has 0 spiro atoms. The van der Waals surface area contributed by atoms with Gasteiger partial charge in [-0.05, 0) is 5.92 Å². The minimum Gasteiger partial charge on any atom is -0.0654 e. The summed E-state index contributed by atoms with van der Waals surface area (Å²) in [5, 5.41) is 0. The fourth-order valence-electron chi connectivity index (χ4n) is 2.22.